The van der Waals surface area contributed by atoms with E-state index in [1.807, 2.05) is 37.5 Å². The number of hydrogen-bond acceptors (Lipinski definition) is 3. The number of ether oxygens (including phenoxy) is 2. The zero-order valence-electron chi connectivity index (χ0n) is 11.0. The van der Waals surface area contributed by atoms with Gasteiger partial charge >= 0.3 is 0 Å². The third-order valence-corrected chi connectivity index (χ3v) is 3.34. The van der Waals surface area contributed by atoms with E-state index in [9.17, 15) is 0 Å². The molecule has 0 unspecified atom stereocenters. The summed E-state index contributed by atoms with van der Waals surface area (Å²) in [5, 5.41) is 0.728. The molecule has 0 aliphatic rings. The predicted molar refractivity (Wildman–Crippen MR) is 78.9 cm³/mol. The molecular formula is C15H16BrNO2. The van der Waals surface area contributed by atoms with Gasteiger partial charge in [-0.15, -0.1) is 0 Å². The lowest BCUT2D eigenvalue weighted by molar-refractivity contribution is 0.302. The lowest BCUT2D eigenvalue weighted by Crippen LogP contribution is -1.99. The van der Waals surface area contributed by atoms with Gasteiger partial charge in [0.2, 0.25) is 0 Å². The monoisotopic (exact) mass is 321 g/mol. The van der Waals surface area contributed by atoms with Gasteiger partial charge in [-0.1, -0.05) is 15.9 Å². The first-order valence-corrected chi connectivity index (χ1v) is 7.11. The number of aryl methyl sites for hydroxylation is 1. The van der Waals surface area contributed by atoms with Gasteiger partial charge in [0.15, 0.2) is 0 Å². The molecule has 0 spiro atoms. The number of alkyl halides is 1. The van der Waals surface area contributed by atoms with Gasteiger partial charge in [0.25, 0.3) is 0 Å². The average molecular weight is 322 g/mol. The van der Waals surface area contributed by atoms with Gasteiger partial charge in [-0.25, -0.2) is 0 Å². The molecule has 0 radical (unpaired) electrons. The summed E-state index contributed by atoms with van der Waals surface area (Å²) in [7, 11) is 1.66. The fourth-order valence-electron chi connectivity index (χ4n) is 1.79. The maximum atomic E-state index is 5.84. The molecule has 19 heavy (non-hydrogen) atoms. The smallest absolute Gasteiger partial charge is 0.124 e. The van der Waals surface area contributed by atoms with E-state index in [1.165, 1.54) is 0 Å². The molecule has 100 valence electrons. The molecule has 0 bridgehead atoms. The molecule has 0 aliphatic heterocycles. The number of methoxy groups -OCH3 is 1. The first kappa shape index (κ1) is 13.9. The normalized spacial score (nSPS) is 10.3. The van der Waals surface area contributed by atoms with Gasteiger partial charge in [-0.2, -0.15) is 0 Å². The Kier molecular flexibility index (Phi) is 4.80. The molecule has 1 aromatic heterocycles. The Morgan fingerprint density at radius 3 is 2.74 bits per heavy atom. The topological polar surface area (TPSA) is 31.4 Å². The van der Waals surface area contributed by atoms with Crippen molar-refractivity contribution in [1.82, 2.24) is 4.98 Å². The fourth-order valence-corrected chi connectivity index (χ4v) is 2.22. The highest BCUT2D eigenvalue weighted by atomic mass is 79.9. The third-order valence-electron chi connectivity index (χ3n) is 2.74. The van der Waals surface area contributed by atoms with E-state index in [1.54, 1.807) is 7.11 Å². The Morgan fingerprint density at radius 1 is 1.21 bits per heavy atom. The van der Waals surface area contributed by atoms with Crippen LogP contribution < -0.4 is 9.47 Å². The minimum Gasteiger partial charge on any atom is -0.497 e. The van der Waals surface area contributed by atoms with Crippen LogP contribution in [0.1, 0.15) is 16.7 Å². The second kappa shape index (κ2) is 6.57. The first-order chi connectivity index (χ1) is 9.22. The summed E-state index contributed by atoms with van der Waals surface area (Å²) in [6.07, 6.45) is 3.66. The van der Waals surface area contributed by atoms with Crippen LogP contribution in [0.4, 0.5) is 0 Å². The van der Waals surface area contributed by atoms with Crippen molar-refractivity contribution in [2.24, 2.45) is 0 Å². The van der Waals surface area contributed by atoms with Crippen molar-refractivity contribution in [3.8, 4) is 11.5 Å². The largest absolute Gasteiger partial charge is 0.497 e. The van der Waals surface area contributed by atoms with E-state index in [4.69, 9.17) is 9.47 Å². The summed E-state index contributed by atoms with van der Waals surface area (Å²) in [4.78, 5) is 4.16. The van der Waals surface area contributed by atoms with Crippen molar-refractivity contribution in [3.63, 3.8) is 0 Å². The maximum Gasteiger partial charge on any atom is 0.124 e. The Morgan fingerprint density at radius 2 is 2.05 bits per heavy atom. The Balaban J connectivity index is 2.11. The SMILES string of the molecule is COc1ccc(OCc2cncc(C)c2)c(CBr)c1. The van der Waals surface area contributed by atoms with Crippen LogP contribution in [0.15, 0.2) is 36.7 Å². The number of benzene rings is 1. The van der Waals surface area contributed by atoms with Crippen LogP contribution >= 0.6 is 15.9 Å². The summed E-state index contributed by atoms with van der Waals surface area (Å²) >= 11 is 3.46. The lowest BCUT2D eigenvalue weighted by atomic mass is 10.2. The van der Waals surface area contributed by atoms with Crippen molar-refractivity contribution < 1.29 is 9.47 Å². The van der Waals surface area contributed by atoms with Gasteiger partial charge < -0.3 is 9.47 Å². The molecule has 0 fully saturated rings. The minimum atomic E-state index is 0.515. The number of rotatable bonds is 5. The van der Waals surface area contributed by atoms with E-state index in [0.29, 0.717) is 6.61 Å². The van der Waals surface area contributed by atoms with Crippen LogP contribution in [0.2, 0.25) is 0 Å². The Hall–Kier alpha value is -1.55. The van der Waals surface area contributed by atoms with Crippen LogP contribution in [-0.2, 0) is 11.9 Å². The summed E-state index contributed by atoms with van der Waals surface area (Å²) in [6.45, 7) is 2.54. The molecule has 2 aromatic rings. The van der Waals surface area contributed by atoms with Gasteiger partial charge in [0.05, 0.1) is 7.11 Å². The van der Waals surface area contributed by atoms with Crippen molar-refractivity contribution >= 4 is 15.9 Å². The molecule has 0 aliphatic carbocycles. The number of aromatic nitrogens is 1. The van der Waals surface area contributed by atoms with Gasteiger partial charge in [-0.05, 0) is 36.8 Å². The second-order valence-corrected chi connectivity index (χ2v) is 4.83. The van der Waals surface area contributed by atoms with E-state index in [-0.39, 0.29) is 0 Å². The van der Waals surface area contributed by atoms with Crippen molar-refractivity contribution in [3.05, 3.63) is 53.3 Å². The molecule has 0 N–H and O–H groups in total. The van der Waals surface area contributed by atoms with Crippen molar-refractivity contribution in [2.75, 3.05) is 7.11 Å². The zero-order chi connectivity index (χ0) is 13.7. The van der Waals surface area contributed by atoms with Gasteiger partial charge in [0, 0.05) is 28.9 Å². The molecule has 0 saturated carbocycles. The van der Waals surface area contributed by atoms with Crippen LogP contribution in [-0.4, -0.2) is 12.1 Å². The highest BCUT2D eigenvalue weighted by molar-refractivity contribution is 9.08. The van der Waals surface area contributed by atoms with Gasteiger partial charge in [0.1, 0.15) is 18.1 Å². The standard InChI is InChI=1S/C15H16BrNO2/c1-11-5-12(9-17-8-11)10-19-15-4-3-14(18-2)6-13(15)7-16/h3-6,8-9H,7,10H2,1-2H3. The van der Waals surface area contributed by atoms with E-state index in [2.05, 4.69) is 27.0 Å². The summed E-state index contributed by atoms with van der Waals surface area (Å²) in [6, 6.07) is 7.87. The summed E-state index contributed by atoms with van der Waals surface area (Å²) < 4.78 is 11.0. The second-order valence-electron chi connectivity index (χ2n) is 4.27. The number of nitrogens with zero attached hydrogens (tertiary/aromatic N) is 1. The lowest BCUT2D eigenvalue weighted by Gasteiger charge is -2.11. The van der Waals surface area contributed by atoms with Gasteiger partial charge in [-0.3, -0.25) is 4.98 Å². The molecule has 2 rings (SSSR count). The summed E-state index contributed by atoms with van der Waals surface area (Å²) in [5.41, 5.74) is 3.27. The molecule has 4 heteroatoms. The maximum absolute atomic E-state index is 5.84. The highest BCUT2D eigenvalue weighted by Gasteiger charge is 2.05. The van der Waals surface area contributed by atoms with Crippen LogP contribution in [0, 0.1) is 6.92 Å². The minimum absolute atomic E-state index is 0.515. The molecule has 0 saturated heterocycles. The molecule has 3 nitrogen and oxygen atoms in total. The molecule has 0 amide bonds. The highest BCUT2D eigenvalue weighted by Crippen LogP contribution is 2.26. The first-order valence-electron chi connectivity index (χ1n) is 5.99. The number of halogens is 1. The van der Waals surface area contributed by atoms with Crippen molar-refractivity contribution in [2.45, 2.75) is 18.9 Å². The third kappa shape index (κ3) is 3.70. The Bertz CT molecular complexity index is 558. The predicted octanol–water partition coefficient (Wildman–Crippen LogP) is 3.87. The quantitative estimate of drug-likeness (QED) is 0.783. The molecular weight excluding hydrogens is 306 g/mol. The van der Waals surface area contributed by atoms with Crippen LogP contribution in [0.3, 0.4) is 0 Å². The average Bonchev–Trinajstić information content (AvgIpc) is 2.45. The van der Waals surface area contributed by atoms with E-state index >= 15 is 0 Å². The van der Waals surface area contributed by atoms with Crippen molar-refractivity contribution in [1.29, 1.82) is 0 Å². The summed E-state index contributed by atoms with van der Waals surface area (Å²) in [5.74, 6) is 1.69. The zero-order valence-corrected chi connectivity index (χ0v) is 12.6. The van der Waals surface area contributed by atoms with Crippen LogP contribution in [0.25, 0.3) is 0 Å². The van der Waals surface area contributed by atoms with Crippen LogP contribution in [0.5, 0.6) is 11.5 Å². The molecule has 0 atom stereocenters. The fraction of sp³-hybridized carbons (Fsp3) is 0.267. The van der Waals surface area contributed by atoms with E-state index in [0.717, 1.165) is 33.5 Å². The molecule has 1 aromatic carbocycles. The number of hydrogen-bond donors (Lipinski definition) is 0. The van der Waals surface area contributed by atoms with E-state index < -0.39 is 0 Å². The Labute approximate surface area is 121 Å². The molecule has 1 heterocycles. The number of pyridine rings is 1.